The summed E-state index contributed by atoms with van der Waals surface area (Å²) in [4.78, 5) is 24.2. The smallest absolute Gasteiger partial charge is 0.387 e. The molecule has 2 aromatic rings. The topological polar surface area (TPSA) is 61.8 Å². The Morgan fingerprint density at radius 3 is 2.34 bits per heavy atom. The third-order valence-electron chi connectivity index (χ3n) is 4.30. The van der Waals surface area contributed by atoms with Crippen molar-refractivity contribution in [1.29, 1.82) is 0 Å². The molecular weight excluding hydrogens is 382 g/mol. The first-order chi connectivity index (χ1) is 13.7. The number of ether oxygens (including phenoxy) is 3. The van der Waals surface area contributed by atoms with Crippen LogP contribution in [0.5, 0.6) is 11.5 Å². The van der Waals surface area contributed by atoms with Gasteiger partial charge in [-0.25, -0.2) is 4.79 Å². The van der Waals surface area contributed by atoms with E-state index in [2.05, 4.69) is 4.74 Å². The number of benzene rings is 2. The van der Waals surface area contributed by atoms with Gasteiger partial charge in [-0.05, 0) is 67.3 Å². The van der Waals surface area contributed by atoms with E-state index in [0.717, 1.165) is 22.8 Å². The van der Waals surface area contributed by atoms with Crippen LogP contribution in [0.15, 0.2) is 36.4 Å². The second-order valence-electron chi connectivity index (χ2n) is 6.40. The largest absolute Gasteiger partial charge is 0.493 e. The van der Waals surface area contributed by atoms with Gasteiger partial charge in [0.05, 0.1) is 7.11 Å². The molecule has 0 unspecified atom stereocenters. The second-order valence-corrected chi connectivity index (χ2v) is 6.40. The number of carbonyl (C=O) groups is 2. The van der Waals surface area contributed by atoms with Gasteiger partial charge in [0.15, 0.2) is 18.1 Å². The van der Waals surface area contributed by atoms with E-state index >= 15 is 0 Å². The summed E-state index contributed by atoms with van der Waals surface area (Å²) in [5.41, 5.74) is 3.92. The van der Waals surface area contributed by atoms with Gasteiger partial charge >= 0.3 is 12.6 Å². The van der Waals surface area contributed by atoms with Gasteiger partial charge in [0.1, 0.15) is 0 Å². The van der Waals surface area contributed by atoms with Crippen LogP contribution < -0.4 is 9.47 Å². The molecule has 0 aromatic heterocycles. The van der Waals surface area contributed by atoms with Crippen LogP contribution in [0, 0.1) is 20.8 Å². The number of rotatable bonds is 8. The Morgan fingerprint density at radius 1 is 1.00 bits per heavy atom. The quantitative estimate of drug-likeness (QED) is 0.364. The van der Waals surface area contributed by atoms with Crippen LogP contribution in [0.4, 0.5) is 8.78 Å². The van der Waals surface area contributed by atoms with Crippen molar-refractivity contribution in [3.05, 3.63) is 64.2 Å². The molecule has 0 radical (unpaired) electrons. The van der Waals surface area contributed by atoms with Crippen LogP contribution in [0.2, 0.25) is 0 Å². The predicted octanol–water partition coefficient (Wildman–Crippen LogP) is 4.66. The molecule has 0 aliphatic rings. The molecule has 29 heavy (non-hydrogen) atoms. The predicted molar refractivity (Wildman–Crippen MR) is 105 cm³/mol. The lowest BCUT2D eigenvalue weighted by molar-refractivity contribution is -0.136. The Bertz CT molecular complexity index is 935. The highest BCUT2D eigenvalue weighted by atomic mass is 19.3. The summed E-state index contributed by atoms with van der Waals surface area (Å²) in [7, 11) is 1.32. The summed E-state index contributed by atoms with van der Waals surface area (Å²) in [6, 6.07) is 7.92. The van der Waals surface area contributed by atoms with Gasteiger partial charge in [0, 0.05) is 11.6 Å². The Hall–Kier alpha value is -3.22. The molecule has 2 rings (SSSR count). The molecule has 0 atom stereocenters. The van der Waals surface area contributed by atoms with E-state index in [-0.39, 0.29) is 23.9 Å². The Labute approximate surface area is 167 Å². The van der Waals surface area contributed by atoms with E-state index in [4.69, 9.17) is 9.47 Å². The first-order valence-corrected chi connectivity index (χ1v) is 8.80. The van der Waals surface area contributed by atoms with Crippen molar-refractivity contribution in [1.82, 2.24) is 0 Å². The highest BCUT2D eigenvalue weighted by Crippen LogP contribution is 2.29. The number of methoxy groups -OCH3 is 1. The molecule has 0 spiro atoms. The van der Waals surface area contributed by atoms with Crippen molar-refractivity contribution in [2.45, 2.75) is 27.4 Å². The van der Waals surface area contributed by atoms with Crippen LogP contribution in [0.1, 0.15) is 32.6 Å². The molecule has 2 aromatic carbocycles. The van der Waals surface area contributed by atoms with E-state index < -0.39 is 12.6 Å². The number of alkyl halides is 2. The van der Waals surface area contributed by atoms with Crippen molar-refractivity contribution in [3.8, 4) is 11.5 Å². The molecular formula is C22H22F2O5. The van der Waals surface area contributed by atoms with Crippen molar-refractivity contribution >= 4 is 17.8 Å². The zero-order valence-electron chi connectivity index (χ0n) is 16.6. The van der Waals surface area contributed by atoms with Gasteiger partial charge < -0.3 is 14.2 Å². The summed E-state index contributed by atoms with van der Waals surface area (Å²) in [5.74, 6) is -1.01. The van der Waals surface area contributed by atoms with E-state index in [9.17, 15) is 18.4 Å². The SMILES string of the molecule is COc1cc(/C=C/C(=O)OCC(=O)c2cc(C)c(C)cc2C)ccc1OC(F)F. The van der Waals surface area contributed by atoms with Gasteiger partial charge in [0.25, 0.3) is 0 Å². The maximum atomic E-state index is 12.4. The normalized spacial score (nSPS) is 11.0. The monoisotopic (exact) mass is 404 g/mol. The number of hydrogen-bond acceptors (Lipinski definition) is 5. The van der Waals surface area contributed by atoms with Crippen LogP contribution >= 0.6 is 0 Å². The minimum Gasteiger partial charge on any atom is -0.493 e. The fourth-order valence-corrected chi connectivity index (χ4v) is 2.67. The van der Waals surface area contributed by atoms with Gasteiger partial charge in [-0.15, -0.1) is 0 Å². The molecule has 0 fully saturated rings. The van der Waals surface area contributed by atoms with Crippen molar-refractivity contribution in [2.75, 3.05) is 13.7 Å². The van der Waals surface area contributed by atoms with E-state index in [1.165, 1.54) is 31.4 Å². The van der Waals surface area contributed by atoms with Crippen molar-refractivity contribution < 1.29 is 32.6 Å². The number of carbonyl (C=O) groups excluding carboxylic acids is 2. The number of esters is 1. The third kappa shape index (κ3) is 6.14. The van der Waals surface area contributed by atoms with E-state index in [0.29, 0.717) is 11.1 Å². The number of Topliss-reactive ketones (excluding diaryl/α,β-unsaturated/α-hetero) is 1. The number of ketones is 1. The minimum absolute atomic E-state index is 0.0983. The molecule has 154 valence electrons. The summed E-state index contributed by atoms with van der Waals surface area (Å²) in [5, 5.41) is 0. The van der Waals surface area contributed by atoms with Gasteiger partial charge in [-0.1, -0.05) is 12.1 Å². The van der Waals surface area contributed by atoms with Crippen LogP contribution in [0.3, 0.4) is 0 Å². The Balaban J connectivity index is 1.99. The van der Waals surface area contributed by atoms with Crippen molar-refractivity contribution in [3.63, 3.8) is 0 Å². The zero-order chi connectivity index (χ0) is 21.6. The maximum absolute atomic E-state index is 12.4. The highest BCUT2D eigenvalue weighted by molar-refractivity contribution is 6.00. The van der Waals surface area contributed by atoms with E-state index in [1.807, 2.05) is 26.8 Å². The summed E-state index contributed by atoms with van der Waals surface area (Å²) >= 11 is 0. The molecule has 0 amide bonds. The third-order valence-corrected chi connectivity index (χ3v) is 4.30. The minimum atomic E-state index is -2.97. The van der Waals surface area contributed by atoms with Crippen LogP contribution in [0.25, 0.3) is 6.08 Å². The standard InChI is InChI=1S/C22H22F2O5/c1-13-9-15(3)17(10-14(13)2)18(25)12-28-21(26)8-6-16-5-7-19(29-22(23)24)20(11-16)27-4/h5-11,22H,12H2,1-4H3/b8-6+. The zero-order valence-corrected chi connectivity index (χ0v) is 16.6. The van der Waals surface area contributed by atoms with E-state index in [1.54, 1.807) is 6.07 Å². The first-order valence-electron chi connectivity index (χ1n) is 8.80. The molecule has 0 saturated heterocycles. The number of halogens is 2. The molecule has 0 bridgehead atoms. The molecule has 7 heteroatoms. The van der Waals surface area contributed by atoms with Gasteiger partial charge in [0.2, 0.25) is 5.78 Å². The average Bonchev–Trinajstić information content (AvgIpc) is 2.67. The fraction of sp³-hybridized carbons (Fsp3) is 0.273. The lowest BCUT2D eigenvalue weighted by Crippen LogP contribution is -2.14. The lowest BCUT2D eigenvalue weighted by Gasteiger charge is -2.10. The summed E-state index contributed by atoms with van der Waals surface area (Å²) in [6.07, 6.45) is 2.56. The maximum Gasteiger partial charge on any atom is 0.387 e. The molecule has 0 N–H and O–H groups in total. The van der Waals surface area contributed by atoms with Crippen LogP contribution in [-0.4, -0.2) is 32.1 Å². The highest BCUT2D eigenvalue weighted by Gasteiger charge is 2.13. The average molecular weight is 404 g/mol. The fourth-order valence-electron chi connectivity index (χ4n) is 2.67. The molecule has 0 saturated carbocycles. The van der Waals surface area contributed by atoms with Gasteiger partial charge in [-0.3, -0.25) is 4.79 Å². The molecule has 5 nitrogen and oxygen atoms in total. The second kappa shape index (κ2) is 9.82. The summed E-state index contributed by atoms with van der Waals surface area (Å²) < 4.78 is 39.0. The summed E-state index contributed by atoms with van der Waals surface area (Å²) in [6.45, 7) is 2.35. The van der Waals surface area contributed by atoms with Crippen molar-refractivity contribution in [2.24, 2.45) is 0 Å². The molecule has 0 aliphatic carbocycles. The lowest BCUT2D eigenvalue weighted by atomic mass is 9.98. The van der Waals surface area contributed by atoms with Gasteiger partial charge in [-0.2, -0.15) is 8.78 Å². The number of hydrogen-bond donors (Lipinski definition) is 0. The van der Waals surface area contributed by atoms with Crippen LogP contribution in [-0.2, 0) is 9.53 Å². The number of aryl methyl sites for hydroxylation is 3. The Morgan fingerprint density at radius 2 is 1.69 bits per heavy atom. The Kier molecular flexibility index (Phi) is 7.47. The first kappa shape index (κ1) is 22.1. The molecule has 0 aliphatic heterocycles. The molecule has 0 heterocycles.